The van der Waals surface area contributed by atoms with Crippen molar-refractivity contribution in [3.63, 3.8) is 0 Å². The second kappa shape index (κ2) is 10.8. The van der Waals surface area contributed by atoms with Crippen molar-refractivity contribution in [2.75, 3.05) is 18.4 Å². The number of benzene rings is 2. The second-order valence-electron chi connectivity index (χ2n) is 6.76. The maximum absolute atomic E-state index is 12.3. The van der Waals surface area contributed by atoms with E-state index in [-0.39, 0.29) is 17.1 Å². The van der Waals surface area contributed by atoms with Crippen LogP contribution in [-0.4, -0.2) is 35.1 Å². The summed E-state index contributed by atoms with van der Waals surface area (Å²) in [6, 6.07) is 15.1. The van der Waals surface area contributed by atoms with Crippen molar-refractivity contribution in [2.45, 2.75) is 40.3 Å². The van der Waals surface area contributed by atoms with Gasteiger partial charge in [0.25, 0.3) is 5.91 Å². The number of thiocarbonyl (C=S) groups is 1. The van der Waals surface area contributed by atoms with Crippen LogP contribution in [0.2, 0.25) is 0 Å². The second-order valence-corrected chi connectivity index (χ2v) is 7.17. The summed E-state index contributed by atoms with van der Waals surface area (Å²) in [7, 11) is 0. The van der Waals surface area contributed by atoms with Crippen molar-refractivity contribution in [1.82, 2.24) is 10.2 Å². The van der Waals surface area contributed by atoms with Gasteiger partial charge in [0.2, 0.25) is 0 Å². The zero-order valence-electron chi connectivity index (χ0n) is 17.0. The smallest absolute Gasteiger partial charge is 0.257 e. The van der Waals surface area contributed by atoms with E-state index in [4.69, 9.17) is 17.0 Å². The summed E-state index contributed by atoms with van der Waals surface area (Å²) in [5.74, 6) is 0.476. The molecule has 0 saturated heterocycles. The van der Waals surface area contributed by atoms with E-state index in [0.717, 1.165) is 31.1 Å². The molecular formula is C22H29N3O2S. The number of nitrogens with zero attached hydrogens (tertiary/aromatic N) is 1. The van der Waals surface area contributed by atoms with Gasteiger partial charge >= 0.3 is 0 Å². The van der Waals surface area contributed by atoms with Gasteiger partial charge in [-0.1, -0.05) is 26.0 Å². The minimum Gasteiger partial charge on any atom is -0.491 e. The highest BCUT2D eigenvalue weighted by molar-refractivity contribution is 7.80. The summed E-state index contributed by atoms with van der Waals surface area (Å²) in [4.78, 5) is 14.7. The van der Waals surface area contributed by atoms with Gasteiger partial charge in [0.15, 0.2) is 5.11 Å². The number of ether oxygens (including phenoxy) is 1. The monoisotopic (exact) mass is 399 g/mol. The van der Waals surface area contributed by atoms with E-state index in [2.05, 4.69) is 41.5 Å². The molecule has 2 N–H and O–H groups in total. The van der Waals surface area contributed by atoms with Crippen molar-refractivity contribution < 1.29 is 9.53 Å². The molecule has 0 atom stereocenters. The Labute approximate surface area is 173 Å². The third kappa shape index (κ3) is 6.94. The summed E-state index contributed by atoms with van der Waals surface area (Å²) in [6.07, 6.45) is 0.0925. The molecule has 0 bridgehead atoms. The Morgan fingerprint density at radius 1 is 1.04 bits per heavy atom. The van der Waals surface area contributed by atoms with E-state index in [9.17, 15) is 4.79 Å². The lowest BCUT2D eigenvalue weighted by atomic mass is 10.2. The Kier molecular flexibility index (Phi) is 8.42. The van der Waals surface area contributed by atoms with Crippen LogP contribution in [-0.2, 0) is 6.54 Å². The molecule has 0 saturated carbocycles. The van der Waals surface area contributed by atoms with Crippen LogP contribution in [0, 0.1) is 0 Å². The largest absolute Gasteiger partial charge is 0.491 e. The lowest BCUT2D eigenvalue weighted by Gasteiger charge is -2.18. The summed E-state index contributed by atoms with van der Waals surface area (Å²) >= 11 is 5.26. The topological polar surface area (TPSA) is 53.6 Å². The number of carbonyl (C=O) groups is 1. The molecule has 1 amide bonds. The van der Waals surface area contributed by atoms with Crippen LogP contribution < -0.4 is 15.4 Å². The molecule has 0 aromatic heterocycles. The van der Waals surface area contributed by atoms with Gasteiger partial charge in [0.1, 0.15) is 5.75 Å². The van der Waals surface area contributed by atoms with Gasteiger partial charge < -0.3 is 10.1 Å². The minimum atomic E-state index is -0.258. The van der Waals surface area contributed by atoms with Gasteiger partial charge in [-0.2, -0.15) is 0 Å². The molecule has 6 heteroatoms. The number of carbonyl (C=O) groups excluding carboxylic acids is 1. The third-order valence-corrected chi connectivity index (χ3v) is 4.43. The first-order valence-corrected chi connectivity index (χ1v) is 10.0. The molecule has 0 fully saturated rings. The van der Waals surface area contributed by atoms with Gasteiger partial charge in [-0.05, 0) is 81.1 Å². The van der Waals surface area contributed by atoms with Gasteiger partial charge in [0, 0.05) is 17.8 Å². The zero-order chi connectivity index (χ0) is 20.5. The molecular weight excluding hydrogens is 370 g/mol. The Morgan fingerprint density at radius 2 is 1.64 bits per heavy atom. The van der Waals surface area contributed by atoms with Crippen molar-refractivity contribution in [3.8, 4) is 5.75 Å². The zero-order valence-corrected chi connectivity index (χ0v) is 17.8. The Hall–Kier alpha value is -2.44. The SMILES string of the molecule is CCN(CC)Cc1ccc(NC(=S)NC(=O)c2ccc(OC(C)C)cc2)cc1. The molecule has 0 unspecified atom stereocenters. The van der Waals surface area contributed by atoms with Gasteiger partial charge in [0.05, 0.1) is 6.10 Å². The van der Waals surface area contributed by atoms with E-state index in [0.29, 0.717) is 5.56 Å². The number of nitrogens with one attached hydrogen (secondary N) is 2. The normalized spacial score (nSPS) is 10.8. The average Bonchev–Trinajstić information content (AvgIpc) is 2.67. The van der Waals surface area contributed by atoms with Crippen molar-refractivity contribution >= 4 is 28.9 Å². The van der Waals surface area contributed by atoms with E-state index in [1.807, 2.05) is 26.0 Å². The molecule has 2 rings (SSSR count). The summed E-state index contributed by atoms with van der Waals surface area (Å²) in [5, 5.41) is 6.02. The fraction of sp³-hybridized carbons (Fsp3) is 0.364. The van der Waals surface area contributed by atoms with Gasteiger partial charge in [-0.25, -0.2) is 0 Å². The lowest BCUT2D eigenvalue weighted by molar-refractivity contribution is 0.0977. The van der Waals surface area contributed by atoms with Crippen LogP contribution >= 0.6 is 12.2 Å². The lowest BCUT2D eigenvalue weighted by Crippen LogP contribution is -2.34. The number of hydrogen-bond acceptors (Lipinski definition) is 4. The first kappa shape index (κ1) is 21.9. The van der Waals surface area contributed by atoms with E-state index in [1.165, 1.54) is 5.56 Å². The third-order valence-electron chi connectivity index (χ3n) is 4.23. The molecule has 0 radical (unpaired) electrons. The minimum absolute atomic E-state index is 0.0925. The molecule has 0 aliphatic carbocycles. The molecule has 5 nitrogen and oxygen atoms in total. The number of hydrogen-bond donors (Lipinski definition) is 2. The highest BCUT2D eigenvalue weighted by Crippen LogP contribution is 2.14. The maximum atomic E-state index is 12.3. The molecule has 150 valence electrons. The first-order chi connectivity index (χ1) is 13.4. The van der Waals surface area contributed by atoms with Crippen LogP contribution in [0.15, 0.2) is 48.5 Å². The number of amides is 1. The van der Waals surface area contributed by atoms with Crippen LogP contribution in [0.1, 0.15) is 43.6 Å². The van der Waals surface area contributed by atoms with E-state index < -0.39 is 0 Å². The first-order valence-electron chi connectivity index (χ1n) is 9.61. The molecule has 0 spiro atoms. The van der Waals surface area contributed by atoms with Crippen LogP contribution in [0.25, 0.3) is 0 Å². The predicted molar refractivity (Wildman–Crippen MR) is 119 cm³/mol. The summed E-state index contributed by atoms with van der Waals surface area (Å²) < 4.78 is 5.58. The molecule has 0 aliphatic heterocycles. The number of anilines is 1. The predicted octanol–water partition coefficient (Wildman–Crippen LogP) is 4.44. The van der Waals surface area contributed by atoms with Gasteiger partial charge in [-0.3, -0.25) is 15.0 Å². The Morgan fingerprint density at radius 3 is 2.18 bits per heavy atom. The maximum Gasteiger partial charge on any atom is 0.257 e. The Balaban J connectivity index is 1.88. The van der Waals surface area contributed by atoms with Crippen molar-refractivity contribution in [1.29, 1.82) is 0 Å². The van der Waals surface area contributed by atoms with Gasteiger partial charge in [-0.15, -0.1) is 0 Å². The van der Waals surface area contributed by atoms with Crippen molar-refractivity contribution in [3.05, 3.63) is 59.7 Å². The highest BCUT2D eigenvalue weighted by atomic mass is 32.1. The van der Waals surface area contributed by atoms with Crippen LogP contribution in [0.3, 0.4) is 0 Å². The van der Waals surface area contributed by atoms with Crippen LogP contribution in [0.4, 0.5) is 5.69 Å². The van der Waals surface area contributed by atoms with E-state index in [1.54, 1.807) is 24.3 Å². The van der Waals surface area contributed by atoms with E-state index >= 15 is 0 Å². The molecule has 2 aromatic rings. The summed E-state index contributed by atoms with van der Waals surface area (Å²) in [5.41, 5.74) is 2.61. The molecule has 0 aliphatic rings. The molecule has 28 heavy (non-hydrogen) atoms. The molecule has 0 heterocycles. The number of rotatable bonds is 8. The standard InChI is InChI=1S/C22H29N3O2S/c1-5-25(6-2)15-17-7-11-19(12-8-17)23-22(28)24-21(26)18-9-13-20(14-10-18)27-16(3)4/h7-14,16H,5-6,15H2,1-4H3,(H2,23,24,26,28). The average molecular weight is 400 g/mol. The quantitative estimate of drug-likeness (QED) is 0.643. The fourth-order valence-electron chi connectivity index (χ4n) is 2.69. The summed E-state index contributed by atoms with van der Waals surface area (Å²) in [6.45, 7) is 11.2. The fourth-order valence-corrected chi connectivity index (χ4v) is 2.90. The van der Waals surface area contributed by atoms with Crippen molar-refractivity contribution in [2.24, 2.45) is 0 Å². The Bertz CT molecular complexity index is 769. The molecule has 2 aromatic carbocycles. The highest BCUT2D eigenvalue weighted by Gasteiger charge is 2.09. The van der Waals surface area contributed by atoms with Crippen LogP contribution in [0.5, 0.6) is 5.75 Å².